The lowest BCUT2D eigenvalue weighted by Crippen LogP contribution is -2.52. The fraction of sp³-hybridized carbons (Fsp3) is 0.556. The van der Waals surface area contributed by atoms with Crippen LogP contribution in [0.1, 0.15) is 55.2 Å². The average molecular weight is 737 g/mol. The van der Waals surface area contributed by atoms with Crippen molar-refractivity contribution in [2.75, 3.05) is 51.1 Å². The Hall–Kier alpha value is -4.41. The van der Waals surface area contributed by atoms with Crippen molar-refractivity contribution in [3.05, 3.63) is 63.6 Å². The highest BCUT2D eigenvalue weighted by Crippen LogP contribution is 2.33. The Morgan fingerprint density at radius 1 is 0.885 bits per heavy atom. The van der Waals surface area contributed by atoms with Crippen LogP contribution < -0.4 is 16.1 Å². The summed E-state index contributed by atoms with van der Waals surface area (Å²) in [6, 6.07) is 11.4. The number of nitrogens with one attached hydrogen (secondary N) is 3. The first kappa shape index (κ1) is 36.0. The van der Waals surface area contributed by atoms with Crippen molar-refractivity contribution in [1.29, 1.82) is 0 Å². The summed E-state index contributed by atoms with van der Waals surface area (Å²) in [6.45, 7) is 5.12. The van der Waals surface area contributed by atoms with Crippen molar-refractivity contribution in [1.82, 2.24) is 29.0 Å². The van der Waals surface area contributed by atoms with E-state index < -0.39 is 22.4 Å². The van der Waals surface area contributed by atoms with E-state index in [-0.39, 0.29) is 30.1 Å². The standard InChI is InChI=1S/C36H48N8O7S/c1-23-20-24(21-30-32(23)40-34(46)38-30)22-31(33(45)41-13-6-25(7-14-41)26-8-17-43(18-9-26)52(37,49)50)51-36(48)42-15-11-28(12-16-42)44-19-10-27-4-2-3-5-29(27)39-35(44)47/h2-5,20-21,25-26,28,31H,6-19,22H2,1H3,(H,39,47)(H2,37,49,50)(H2,38,40,46)/t31-/m1/s1. The molecule has 280 valence electrons. The van der Waals surface area contributed by atoms with E-state index in [0.29, 0.717) is 81.5 Å². The quantitative estimate of drug-likeness (QED) is 0.286. The van der Waals surface area contributed by atoms with Crippen LogP contribution in [0.2, 0.25) is 0 Å². The third-order valence-corrected chi connectivity index (χ3v) is 12.6. The molecule has 3 fully saturated rings. The van der Waals surface area contributed by atoms with Gasteiger partial charge in [0.25, 0.3) is 16.1 Å². The number of H-pyrrole nitrogens is 2. The summed E-state index contributed by atoms with van der Waals surface area (Å²) < 4.78 is 30.9. The third-order valence-electron chi connectivity index (χ3n) is 11.5. The van der Waals surface area contributed by atoms with E-state index in [1.54, 1.807) is 9.80 Å². The molecule has 16 heteroatoms. The fourth-order valence-electron chi connectivity index (χ4n) is 8.60. The molecule has 15 nitrogen and oxygen atoms in total. The molecule has 0 spiro atoms. The first-order valence-corrected chi connectivity index (χ1v) is 19.8. The zero-order chi connectivity index (χ0) is 36.6. The number of aromatic nitrogens is 2. The number of rotatable bonds is 7. The topological polar surface area (TPSA) is 194 Å². The van der Waals surface area contributed by atoms with Crippen LogP contribution in [0.3, 0.4) is 0 Å². The normalized spacial score (nSPS) is 20.7. The predicted molar refractivity (Wildman–Crippen MR) is 195 cm³/mol. The van der Waals surface area contributed by atoms with Crippen LogP contribution >= 0.6 is 0 Å². The van der Waals surface area contributed by atoms with Gasteiger partial charge >= 0.3 is 17.8 Å². The van der Waals surface area contributed by atoms with E-state index in [0.717, 1.165) is 54.5 Å². The summed E-state index contributed by atoms with van der Waals surface area (Å²) in [7, 11) is -3.69. The lowest BCUT2D eigenvalue weighted by molar-refractivity contribution is -0.142. The lowest BCUT2D eigenvalue weighted by Gasteiger charge is -2.40. The second kappa shape index (κ2) is 14.9. The Labute approximate surface area is 303 Å². The van der Waals surface area contributed by atoms with E-state index in [9.17, 15) is 27.6 Å². The predicted octanol–water partition coefficient (Wildman–Crippen LogP) is 2.92. The fourth-order valence-corrected chi connectivity index (χ4v) is 9.32. The van der Waals surface area contributed by atoms with Gasteiger partial charge in [-0.15, -0.1) is 0 Å². The molecule has 3 saturated heterocycles. The molecule has 4 aliphatic rings. The van der Waals surface area contributed by atoms with Crippen LogP contribution in [-0.4, -0.2) is 113 Å². The number of anilines is 1. The Bertz CT molecular complexity index is 1970. The van der Waals surface area contributed by atoms with Gasteiger partial charge in [-0.05, 0) is 92.5 Å². The molecule has 4 aliphatic heterocycles. The van der Waals surface area contributed by atoms with Gasteiger partial charge < -0.3 is 34.7 Å². The molecular weight excluding hydrogens is 689 g/mol. The molecule has 4 amide bonds. The molecule has 5 heterocycles. The zero-order valence-corrected chi connectivity index (χ0v) is 30.3. The zero-order valence-electron chi connectivity index (χ0n) is 29.5. The summed E-state index contributed by atoms with van der Waals surface area (Å²) in [4.78, 5) is 63.8. The minimum Gasteiger partial charge on any atom is -0.436 e. The molecule has 0 saturated carbocycles. The van der Waals surface area contributed by atoms with Gasteiger partial charge in [-0.25, -0.2) is 19.5 Å². The molecule has 2 aromatic carbocycles. The molecule has 5 N–H and O–H groups in total. The number of benzene rings is 2. The molecule has 52 heavy (non-hydrogen) atoms. The minimum atomic E-state index is -3.69. The van der Waals surface area contributed by atoms with E-state index in [1.807, 2.05) is 48.2 Å². The number of amides is 4. The highest BCUT2D eigenvalue weighted by atomic mass is 32.2. The van der Waals surface area contributed by atoms with Crippen LogP contribution in [0.5, 0.6) is 0 Å². The van der Waals surface area contributed by atoms with Gasteiger partial charge in [0, 0.05) is 64.0 Å². The van der Waals surface area contributed by atoms with Gasteiger partial charge in [0.1, 0.15) is 0 Å². The van der Waals surface area contributed by atoms with Crippen molar-refractivity contribution in [2.24, 2.45) is 17.0 Å². The summed E-state index contributed by atoms with van der Waals surface area (Å²) >= 11 is 0. The summed E-state index contributed by atoms with van der Waals surface area (Å²) in [5.74, 6) is 0.470. The molecule has 3 aromatic rings. The van der Waals surface area contributed by atoms with Crippen LogP contribution in [0.4, 0.5) is 15.3 Å². The first-order valence-electron chi connectivity index (χ1n) is 18.3. The van der Waals surface area contributed by atoms with E-state index in [2.05, 4.69) is 15.3 Å². The number of nitrogens with two attached hydrogens (primary N) is 1. The number of aryl methyl sites for hydroxylation is 1. The smallest absolute Gasteiger partial charge is 0.410 e. The van der Waals surface area contributed by atoms with Crippen molar-refractivity contribution in [3.8, 4) is 0 Å². The van der Waals surface area contributed by atoms with Gasteiger partial charge in [-0.2, -0.15) is 12.7 Å². The van der Waals surface area contributed by atoms with Crippen molar-refractivity contribution < 1.29 is 27.5 Å². The average Bonchev–Trinajstić information content (AvgIpc) is 3.43. The molecule has 0 radical (unpaired) electrons. The largest absolute Gasteiger partial charge is 0.436 e. The van der Waals surface area contributed by atoms with Crippen LogP contribution in [0.15, 0.2) is 41.2 Å². The Morgan fingerprint density at radius 3 is 2.23 bits per heavy atom. The Morgan fingerprint density at radius 2 is 1.54 bits per heavy atom. The van der Waals surface area contributed by atoms with E-state index in [1.165, 1.54) is 4.31 Å². The molecule has 1 aromatic heterocycles. The minimum absolute atomic E-state index is 0.0257. The van der Waals surface area contributed by atoms with Crippen LogP contribution in [-0.2, 0) is 32.6 Å². The maximum atomic E-state index is 14.2. The Balaban J connectivity index is 0.997. The number of piperidine rings is 3. The summed E-state index contributed by atoms with van der Waals surface area (Å²) in [6.07, 6.45) is 3.50. The number of hydrogen-bond donors (Lipinski definition) is 4. The number of para-hydroxylation sites is 1. The number of likely N-dealkylation sites (tertiary alicyclic amines) is 2. The number of urea groups is 1. The third kappa shape index (κ3) is 7.83. The summed E-state index contributed by atoms with van der Waals surface area (Å²) in [5.41, 5.74) is 4.51. The second-order valence-electron chi connectivity index (χ2n) is 14.7. The highest BCUT2D eigenvalue weighted by Gasteiger charge is 2.37. The highest BCUT2D eigenvalue weighted by molar-refractivity contribution is 7.86. The second-order valence-corrected chi connectivity index (χ2v) is 16.2. The number of ether oxygens (including phenoxy) is 1. The first-order chi connectivity index (χ1) is 24.9. The molecule has 7 rings (SSSR count). The number of imidazole rings is 1. The van der Waals surface area contributed by atoms with Gasteiger partial charge in [0.15, 0.2) is 6.10 Å². The summed E-state index contributed by atoms with van der Waals surface area (Å²) in [5, 5.41) is 8.36. The molecular formula is C36H48N8O7S. The monoisotopic (exact) mass is 736 g/mol. The van der Waals surface area contributed by atoms with Crippen LogP contribution in [0.25, 0.3) is 11.0 Å². The van der Waals surface area contributed by atoms with Crippen molar-refractivity contribution in [2.45, 2.75) is 70.4 Å². The van der Waals surface area contributed by atoms with Gasteiger partial charge in [0.05, 0.1) is 11.0 Å². The van der Waals surface area contributed by atoms with E-state index in [4.69, 9.17) is 9.88 Å². The molecule has 0 bridgehead atoms. The molecule has 1 atom stereocenters. The SMILES string of the molecule is Cc1cc(C[C@@H](OC(=O)N2CCC(N3CCc4ccccc4NC3=O)CC2)C(=O)N2CCC(C3CCN(S(N)(=O)=O)CC3)CC2)cc2[nH]c(=O)[nH]c12. The number of hydrogen-bond acceptors (Lipinski definition) is 7. The van der Waals surface area contributed by atoms with Crippen molar-refractivity contribution >= 4 is 45.0 Å². The maximum Gasteiger partial charge on any atom is 0.410 e. The van der Waals surface area contributed by atoms with Gasteiger partial charge in [0.2, 0.25) is 0 Å². The number of carbonyl (C=O) groups excluding carboxylic acids is 3. The van der Waals surface area contributed by atoms with E-state index >= 15 is 0 Å². The Kier molecular flexibility index (Phi) is 10.3. The lowest BCUT2D eigenvalue weighted by atomic mass is 9.79. The molecule has 0 aliphatic carbocycles. The number of fused-ring (bicyclic) bond motifs is 2. The maximum absolute atomic E-state index is 14.2. The molecule has 0 unspecified atom stereocenters. The van der Waals surface area contributed by atoms with Crippen LogP contribution in [0, 0.1) is 18.8 Å². The number of aromatic amines is 2. The number of nitrogens with zero attached hydrogens (tertiary/aromatic N) is 4. The van der Waals surface area contributed by atoms with Gasteiger partial charge in [-0.1, -0.05) is 24.3 Å². The number of carbonyl (C=O) groups is 3. The van der Waals surface area contributed by atoms with Gasteiger partial charge in [-0.3, -0.25) is 4.79 Å². The van der Waals surface area contributed by atoms with Crippen molar-refractivity contribution in [3.63, 3.8) is 0 Å².